The van der Waals surface area contributed by atoms with Crippen LogP contribution in [-0.4, -0.2) is 12.3 Å². The van der Waals surface area contributed by atoms with Gasteiger partial charge in [0.05, 0.1) is 0 Å². The Labute approximate surface area is 138 Å². The second-order valence-corrected chi connectivity index (χ2v) is 7.15. The zero-order chi connectivity index (χ0) is 15.6. The molecular weight excluding hydrogens is 265 g/mol. The third kappa shape index (κ3) is 6.54. The molecule has 2 aliphatic rings. The van der Waals surface area contributed by atoms with Gasteiger partial charge in [0.1, 0.15) is 7.28 Å². The highest BCUT2D eigenvalue weighted by Crippen LogP contribution is 2.36. The Morgan fingerprint density at radius 2 is 1.45 bits per heavy atom. The first kappa shape index (κ1) is 17.6. The SMILES string of the molecule is CCc1ccc(C)nc1.[B](C1CCCCC1)C1CCCCC1. The van der Waals surface area contributed by atoms with E-state index in [2.05, 4.69) is 25.3 Å². The molecule has 0 aliphatic heterocycles. The van der Waals surface area contributed by atoms with E-state index in [-0.39, 0.29) is 0 Å². The highest BCUT2D eigenvalue weighted by Gasteiger charge is 2.21. The van der Waals surface area contributed by atoms with Crippen LogP contribution in [0.25, 0.3) is 0 Å². The van der Waals surface area contributed by atoms with Crippen molar-refractivity contribution in [3.63, 3.8) is 0 Å². The van der Waals surface area contributed by atoms with Crippen LogP contribution in [0.1, 0.15) is 82.4 Å². The van der Waals surface area contributed by atoms with E-state index in [0.717, 1.165) is 23.7 Å². The molecule has 1 nitrogen and oxygen atoms in total. The van der Waals surface area contributed by atoms with Crippen molar-refractivity contribution in [3.8, 4) is 0 Å². The molecule has 2 heteroatoms. The van der Waals surface area contributed by atoms with Gasteiger partial charge >= 0.3 is 0 Å². The van der Waals surface area contributed by atoms with Crippen molar-refractivity contribution in [1.82, 2.24) is 4.98 Å². The van der Waals surface area contributed by atoms with Crippen LogP contribution >= 0.6 is 0 Å². The van der Waals surface area contributed by atoms with E-state index in [1.165, 1.54) is 69.8 Å². The van der Waals surface area contributed by atoms with E-state index < -0.39 is 0 Å². The second kappa shape index (κ2) is 10.1. The van der Waals surface area contributed by atoms with Crippen molar-refractivity contribution in [2.24, 2.45) is 0 Å². The summed E-state index contributed by atoms with van der Waals surface area (Å²) in [6, 6.07) is 4.15. The van der Waals surface area contributed by atoms with Gasteiger partial charge in [-0.3, -0.25) is 4.98 Å². The first-order chi connectivity index (χ1) is 10.8. The summed E-state index contributed by atoms with van der Waals surface area (Å²) < 4.78 is 0. The maximum absolute atomic E-state index is 4.15. The molecule has 0 amide bonds. The molecule has 121 valence electrons. The molecule has 1 radical (unpaired) electrons. The van der Waals surface area contributed by atoms with E-state index in [1.807, 2.05) is 19.2 Å². The smallest absolute Gasteiger partial charge is 0.117 e. The summed E-state index contributed by atoms with van der Waals surface area (Å²) in [5.74, 6) is 1.99. The fraction of sp³-hybridized carbons (Fsp3) is 0.750. The number of aromatic nitrogens is 1. The van der Waals surface area contributed by atoms with Gasteiger partial charge in [-0.2, -0.15) is 0 Å². The summed E-state index contributed by atoms with van der Waals surface area (Å²) in [7, 11) is 2.72. The molecule has 0 bridgehead atoms. The Hall–Kier alpha value is -0.785. The minimum atomic E-state index is 0.997. The van der Waals surface area contributed by atoms with Crippen molar-refractivity contribution in [3.05, 3.63) is 29.6 Å². The third-order valence-corrected chi connectivity index (χ3v) is 5.22. The lowest BCUT2D eigenvalue weighted by atomic mass is 9.48. The molecule has 1 aromatic heterocycles. The van der Waals surface area contributed by atoms with Crippen LogP contribution in [0.15, 0.2) is 18.3 Å². The molecule has 2 aliphatic carbocycles. The van der Waals surface area contributed by atoms with Crippen LogP contribution in [0, 0.1) is 6.92 Å². The maximum atomic E-state index is 4.15. The van der Waals surface area contributed by atoms with E-state index in [4.69, 9.17) is 0 Å². The van der Waals surface area contributed by atoms with Gasteiger partial charge in [0.15, 0.2) is 0 Å². The zero-order valence-corrected chi connectivity index (χ0v) is 14.7. The molecule has 2 fully saturated rings. The summed E-state index contributed by atoms with van der Waals surface area (Å²) in [4.78, 5) is 4.15. The van der Waals surface area contributed by atoms with Crippen molar-refractivity contribution in [2.75, 3.05) is 0 Å². The zero-order valence-electron chi connectivity index (χ0n) is 14.7. The van der Waals surface area contributed by atoms with Crippen molar-refractivity contribution in [1.29, 1.82) is 0 Å². The summed E-state index contributed by atoms with van der Waals surface area (Å²) in [6.07, 6.45) is 18.0. The summed E-state index contributed by atoms with van der Waals surface area (Å²) in [5.41, 5.74) is 2.40. The quantitative estimate of drug-likeness (QED) is 0.610. The Bertz CT molecular complexity index is 373. The molecule has 0 N–H and O–H groups in total. The first-order valence-corrected chi connectivity index (χ1v) is 9.54. The van der Waals surface area contributed by atoms with Crippen LogP contribution in [0.3, 0.4) is 0 Å². The lowest BCUT2D eigenvalue weighted by Crippen LogP contribution is -2.16. The number of aryl methyl sites for hydroxylation is 2. The molecule has 2 saturated carbocycles. The number of nitrogens with zero attached hydrogens (tertiary/aromatic N) is 1. The minimum Gasteiger partial charge on any atom is -0.261 e. The Kier molecular flexibility index (Phi) is 8.05. The predicted octanol–water partition coefficient (Wildman–Crippen LogP) is 6.15. The fourth-order valence-electron chi connectivity index (χ4n) is 3.75. The lowest BCUT2D eigenvalue weighted by molar-refractivity contribution is 0.470. The summed E-state index contributed by atoms with van der Waals surface area (Å²) in [6.45, 7) is 4.13. The molecule has 0 aromatic carbocycles. The van der Waals surface area contributed by atoms with E-state index in [9.17, 15) is 0 Å². The van der Waals surface area contributed by atoms with Crippen LogP contribution < -0.4 is 0 Å². The van der Waals surface area contributed by atoms with Crippen molar-refractivity contribution < 1.29 is 0 Å². The van der Waals surface area contributed by atoms with E-state index in [0.29, 0.717) is 0 Å². The summed E-state index contributed by atoms with van der Waals surface area (Å²) in [5, 5.41) is 0. The van der Waals surface area contributed by atoms with Crippen LogP contribution in [-0.2, 0) is 6.42 Å². The molecule has 1 heterocycles. The van der Waals surface area contributed by atoms with Gasteiger partial charge < -0.3 is 0 Å². The van der Waals surface area contributed by atoms with Crippen LogP contribution in [0.4, 0.5) is 0 Å². The van der Waals surface area contributed by atoms with Gasteiger partial charge in [-0.25, -0.2) is 0 Å². The third-order valence-electron chi connectivity index (χ3n) is 5.22. The van der Waals surface area contributed by atoms with Gasteiger partial charge in [0.2, 0.25) is 0 Å². The average molecular weight is 298 g/mol. The predicted molar refractivity (Wildman–Crippen MR) is 97.8 cm³/mol. The molecule has 22 heavy (non-hydrogen) atoms. The number of rotatable bonds is 3. The van der Waals surface area contributed by atoms with Gasteiger partial charge in [0.25, 0.3) is 0 Å². The molecular formula is C20H33BN. The van der Waals surface area contributed by atoms with Gasteiger partial charge in [0, 0.05) is 11.9 Å². The number of hydrogen-bond donors (Lipinski definition) is 0. The molecule has 3 rings (SSSR count). The van der Waals surface area contributed by atoms with Gasteiger partial charge in [-0.1, -0.05) is 88.8 Å². The molecule has 0 unspecified atom stereocenters. The van der Waals surface area contributed by atoms with Crippen molar-refractivity contribution >= 4 is 7.28 Å². The lowest BCUT2D eigenvalue weighted by Gasteiger charge is -2.27. The average Bonchev–Trinajstić information content (AvgIpc) is 2.58. The number of pyridine rings is 1. The highest BCUT2D eigenvalue weighted by molar-refractivity contribution is 6.39. The molecule has 0 saturated heterocycles. The monoisotopic (exact) mass is 298 g/mol. The maximum Gasteiger partial charge on any atom is 0.117 e. The van der Waals surface area contributed by atoms with Crippen LogP contribution in [0.2, 0.25) is 11.6 Å². The Morgan fingerprint density at radius 3 is 1.86 bits per heavy atom. The minimum absolute atomic E-state index is 0.997. The second-order valence-electron chi connectivity index (χ2n) is 7.15. The normalized spacial score (nSPS) is 20.1. The summed E-state index contributed by atoms with van der Waals surface area (Å²) >= 11 is 0. The Balaban J connectivity index is 0.000000172. The largest absolute Gasteiger partial charge is 0.261 e. The topological polar surface area (TPSA) is 12.9 Å². The van der Waals surface area contributed by atoms with Gasteiger partial charge in [-0.15, -0.1) is 0 Å². The molecule has 1 aromatic rings. The van der Waals surface area contributed by atoms with Crippen LogP contribution in [0.5, 0.6) is 0 Å². The standard InChI is InChI=1S/C12H22B.C8H11N/c1-3-7-11(8-4-1)13-12-9-5-2-6-10-12;1-3-8-5-4-7(2)9-6-8/h11-12H,1-10H2;4-6H,3H2,1-2H3. The molecule has 0 spiro atoms. The van der Waals surface area contributed by atoms with Crippen molar-refractivity contribution in [2.45, 2.75) is 96.1 Å². The van der Waals surface area contributed by atoms with E-state index >= 15 is 0 Å². The fourth-order valence-corrected chi connectivity index (χ4v) is 3.75. The number of hydrogen-bond acceptors (Lipinski definition) is 1. The molecule has 0 atom stereocenters. The Morgan fingerprint density at radius 1 is 0.909 bits per heavy atom. The van der Waals surface area contributed by atoms with E-state index in [1.54, 1.807) is 0 Å². The first-order valence-electron chi connectivity index (χ1n) is 9.54. The highest BCUT2D eigenvalue weighted by atomic mass is 14.6. The van der Waals surface area contributed by atoms with Gasteiger partial charge in [-0.05, 0) is 25.0 Å².